The Kier molecular flexibility index (Phi) is 4.91. The minimum Gasteiger partial charge on any atom is -0.489 e. The molecule has 7 heteroatoms. The third kappa shape index (κ3) is 4.04. The van der Waals surface area contributed by atoms with E-state index in [9.17, 15) is 9.59 Å². The summed E-state index contributed by atoms with van der Waals surface area (Å²) in [6, 6.07) is 8.86. The molecule has 0 unspecified atom stereocenters. The Hall–Kier alpha value is -2.38. The number of hydrogen-bond acceptors (Lipinski definition) is 5. The van der Waals surface area contributed by atoms with Gasteiger partial charge in [0, 0.05) is 24.2 Å². The first-order valence-electron chi connectivity index (χ1n) is 6.18. The molecule has 0 spiro atoms. The van der Waals surface area contributed by atoms with E-state index in [0.717, 1.165) is 5.56 Å². The second kappa shape index (κ2) is 6.87. The summed E-state index contributed by atoms with van der Waals surface area (Å²) in [4.78, 5) is 23.1. The molecule has 0 saturated carbocycles. The lowest BCUT2D eigenvalue weighted by Gasteiger charge is -2.08. The molecule has 0 bridgehead atoms. The molecule has 21 heavy (non-hydrogen) atoms. The van der Waals surface area contributed by atoms with Crippen LogP contribution in [0.4, 0.5) is 5.69 Å². The first-order valence-corrected chi connectivity index (χ1v) is 7.06. The Morgan fingerprint density at radius 1 is 1.33 bits per heavy atom. The molecule has 2 aromatic rings. The molecule has 2 rings (SSSR count). The number of nitrogen functional groups attached to an aromatic ring is 1. The number of thiophene rings is 1. The van der Waals surface area contributed by atoms with Crippen molar-refractivity contribution in [1.29, 1.82) is 0 Å². The van der Waals surface area contributed by atoms with E-state index in [4.69, 9.17) is 10.6 Å². The maximum atomic E-state index is 11.6. The first kappa shape index (κ1) is 15.0. The third-order valence-electron chi connectivity index (χ3n) is 2.63. The van der Waals surface area contributed by atoms with Crippen LogP contribution in [0.2, 0.25) is 0 Å². The predicted octanol–water partition coefficient (Wildman–Crippen LogP) is 1.89. The predicted molar refractivity (Wildman–Crippen MR) is 81.1 cm³/mol. The number of nitrogens with two attached hydrogens (primary N) is 1. The van der Waals surface area contributed by atoms with Crippen molar-refractivity contribution in [2.24, 2.45) is 5.84 Å². The summed E-state index contributed by atoms with van der Waals surface area (Å²) in [5.74, 6) is 5.25. The highest BCUT2D eigenvalue weighted by Crippen LogP contribution is 2.21. The number of carbonyl (C=O) groups excluding carboxylic acids is 2. The molecule has 0 saturated heterocycles. The molecule has 4 N–H and O–H groups in total. The van der Waals surface area contributed by atoms with Crippen molar-refractivity contribution in [3.05, 3.63) is 46.2 Å². The van der Waals surface area contributed by atoms with Crippen molar-refractivity contribution in [1.82, 2.24) is 5.43 Å². The summed E-state index contributed by atoms with van der Waals surface area (Å²) in [6.07, 6.45) is 0. The topological polar surface area (TPSA) is 93.4 Å². The number of carbonyl (C=O) groups is 2. The summed E-state index contributed by atoms with van der Waals surface area (Å²) in [7, 11) is 0. The SMILES string of the molecule is CC(=O)Nc1cccc(OCc2ccsc2C(=O)NN)c1. The number of benzene rings is 1. The number of nitrogens with one attached hydrogen (secondary N) is 2. The van der Waals surface area contributed by atoms with Crippen molar-refractivity contribution >= 4 is 28.8 Å². The highest BCUT2D eigenvalue weighted by atomic mass is 32.1. The maximum absolute atomic E-state index is 11.6. The number of rotatable bonds is 5. The van der Waals surface area contributed by atoms with Crippen LogP contribution in [0.5, 0.6) is 5.75 Å². The van der Waals surface area contributed by atoms with Gasteiger partial charge in [0.05, 0.1) is 4.88 Å². The molecule has 1 heterocycles. The molecule has 0 atom stereocenters. The fraction of sp³-hybridized carbons (Fsp3) is 0.143. The number of anilines is 1. The summed E-state index contributed by atoms with van der Waals surface area (Å²) in [5.41, 5.74) is 3.52. The Labute approximate surface area is 125 Å². The zero-order valence-corrected chi connectivity index (χ0v) is 12.2. The lowest BCUT2D eigenvalue weighted by molar-refractivity contribution is -0.114. The van der Waals surface area contributed by atoms with Crippen molar-refractivity contribution in [2.75, 3.05) is 5.32 Å². The molecule has 0 radical (unpaired) electrons. The van der Waals surface area contributed by atoms with E-state index in [2.05, 4.69) is 10.7 Å². The summed E-state index contributed by atoms with van der Waals surface area (Å²) >= 11 is 1.30. The van der Waals surface area contributed by atoms with Gasteiger partial charge in [-0.15, -0.1) is 11.3 Å². The van der Waals surface area contributed by atoms with Gasteiger partial charge in [0.1, 0.15) is 12.4 Å². The molecular weight excluding hydrogens is 290 g/mol. The van der Waals surface area contributed by atoms with Gasteiger partial charge in [0.15, 0.2) is 0 Å². The van der Waals surface area contributed by atoms with Crippen LogP contribution in [0.25, 0.3) is 0 Å². The lowest BCUT2D eigenvalue weighted by Crippen LogP contribution is -2.30. The van der Waals surface area contributed by atoms with Gasteiger partial charge >= 0.3 is 0 Å². The summed E-state index contributed by atoms with van der Waals surface area (Å²) in [6.45, 7) is 1.69. The fourth-order valence-electron chi connectivity index (χ4n) is 1.74. The van der Waals surface area contributed by atoms with Crippen LogP contribution in [-0.4, -0.2) is 11.8 Å². The molecule has 0 aliphatic heterocycles. The Morgan fingerprint density at radius 3 is 2.86 bits per heavy atom. The highest BCUT2D eigenvalue weighted by molar-refractivity contribution is 7.12. The molecular formula is C14H15N3O3S. The summed E-state index contributed by atoms with van der Waals surface area (Å²) in [5, 5.41) is 4.48. The van der Waals surface area contributed by atoms with Crippen LogP contribution in [0.15, 0.2) is 35.7 Å². The van der Waals surface area contributed by atoms with E-state index in [-0.39, 0.29) is 18.4 Å². The van der Waals surface area contributed by atoms with Gasteiger partial charge < -0.3 is 10.1 Å². The lowest BCUT2D eigenvalue weighted by atomic mass is 10.2. The van der Waals surface area contributed by atoms with E-state index < -0.39 is 0 Å². The highest BCUT2D eigenvalue weighted by Gasteiger charge is 2.12. The van der Waals surface area contributed by atoms with Crippen molar-refractivity contribution in [3.63, 3.8) is 0 Å². The van der Waals surface area contributed by atoms with Gasteiger partial charge in [0.2, 0.25) is 5.91 Å². The van der Waals surface area contributed by atoms with Crippen LogP contribution in [-0.2, 0) is 11.4 Å². The van der Waals surface area contributed by atoms with Gasteiger partial charge in [-0.1, -0.05) is 6.07 Å². The van der Waals surface area contributed by atoms with Crippen molar-refractivity contribution < 1.29 is 14.3 Å². The third-order valence-corrected chi connectivity index (χ3v) is 3.59. The zero-order chi connectivity index (χ0) is 15.2. The monoisotopic (exact) mass is 305 g/mol. The molecule has 110 valence electrons. The number of amides is 2. The van der Waals surface area contributed by atoms with Gasteiger partial charge in [-0.3, -0.25) is 15.0 Å². The molecule has 1 aromatic carbocycles. The van der Waals surface area contributed by atoms with Crippen molar-refractivity contribution in [2.45, 2.75) is 13.5 Å². The zero-order valence-electron chi connectivity index (χ0n) is 11.4. The molecule has 0 fully saturated rings. The summed E-state index contributed by atoms with van der Waals surface area (Å²) < 4.78 is 5.64. The number of ether oxygens (including phenoxy) is 1. The number of hydrazine groups is 1. The smallest absolute Gasteiger partial charge is 0.275 e. The van der Waals surface area contributed by atoms with Gasteiger partial charge in [-0.2, -0.15) is 0 Å². The normalized spacial score (nSPS) is 10.0. The molecule has 1 aromatic heterocycles. The Bertz CT molecular complexity index is 654. The van der Waals surface area contributed by atoms with Crippen LogP contribution in [0.1, 0.15) is 22.2 Å². The van der Waals surface area contributed by atoms with Gasteiger partial charge in [-0.25, -0.2) is 5.84 Å². The average molecular weight is 305 g/mol. The maximum Gasteiger partial charge on any atom is 0.275 e. The Morgan fingerprint density at radius 2 is 2.14 bits per heavy atom. The van der Waals surface area contributed by atoms with Crippen LogP contribution >= 0.6 is 11.3 Å². The van der Waals surface area contributed by atoms with E-state index in [1.54, 1.807) is 29.6 Å². The molecule has 2 amide bonds. The van der Waals surface area contributed by atoms with E-state index in [0.29, 0.717) is 16.3 Å². The van der Waals surface area contributed by atoms with Crippen LogP contribution < -0.4 is 21.3 Å². The van der Waals surface area contributed by atoms with Crippen LogP contribution in [0.3, 0.4) is 0 Å². The first-order chi connectivity index (χ1) is 10.1. The fourth-order valence-corrected chi connectivity index (χ4v) is 2.55. The van der Waals surface area contributed by atoms with Crippen LogP contribution in [0, 0.1) is 0 Å². The second-order valence-electron chi connectivity index (χ2n) is 4.25. The van der Waals surface area contributed by atoms with E-state index in [1.807, 2.05) is 6.07 Å². The van der Waals surface area contributed by atoms with Crippen molar-refractivity contribution in [3.8, 4) is 5.75 Å². The quantitative estimate of drug-likeness (QED) is 0.447. The second-order valence-corrected chi connectivity index (χ2v) is 5.16. The number of hydrogen-bond donors (Lipinski definition) is 3. The molecule has 0 aliphatic rings. The largest absolute Gasteiger partial charge is 0.489 e. The Balaban J connectivity index is 2.05. The van der Waals surface area contributed by atoms with Gasteiger partial charge in [0.25, 0.3) is 5.91 Å². The molecule has 6 nitrogen and oxygen atoms in total. The minimum absolute atomic E-state index is 0.146. The van der Waals surface area contributed by atoms with E-state index in [1.165, 1.54) is 18.3 Å². The van der Waals surface area contributed by atoms with E-state index >= 15 is 0 Å². The average Bonchev–Trinajstić information content (AvgIpc) is 2.92. The van der Waals surface area contributed by atoms with Gasteiger partial charge in [-0.05, 0) is 23.6 Å². The standard InChI is InChI=1S/C14H15N3O3S/c1-9(18)16-11-3-2-4-12(7-11)20-8-10-5-6-21-13(10)14(19)17-15/h2-7H,8,15H2,1H3,(H,16,18)(H,17,19). The minimum atomic E-state index is -0.337. The molecule has 0 aliphatic carbocycles.